The van der Waals surface area contributed by atoms with E-state index in [1.807, 2.05) is 29.1 Å². The Morgan fingerprint density at radius 2 is 2.28 bits per heavy atom. The highest BCUT2D eigenvalue weighted by atomic mass is 16.3. The summed E-state index contributed by atoms with van der Waals surface area (Å²) in [4.78, 5) is 0. The largest absolute Gasteiger partial charge is 0.508 e. The second-order valence-electron chi connectivity index (χ2n) is 4.39. The molecule has 0 amide bonds. The molecule has 0 saturated carbocycles. The fourth-order valence-electron chi connectivity index (χ4n) is 1.90. The predicted molar refractivity (Wildman–Crippen MR) is 71.4 cm³/mol. The van der Waals surface area contributed by atoms with Gasteiger partial charge in [0.15, 0.2) is 0 Å². The highest BCUT2D eigenvalue weighted by Crippen LogP contribution is 2.17. The van der Waals surface area contributed by atoms with Crippen LogP contribution in [0.5, 0.6) is 5.75 Å². The van der Waals surface area contributed by atoms with E-state index < -0.39 is 0 Å². The Morgan fingerprint density at radius 1 is 1.39 bits per heavy atom. The first-order valence-electron chi connectivity index (χ1n) is 6.25. The molecule has 4 nitrogen and oxygen atoms in total. The Hall–Kier alpha value is -1.81. The average Bonchev–Trinajstić information content (AvgIpc) is 2.87. The van der Waals surface area contributed by atoms with Crippen molar-refractivity contribution in [3.05, 3.63) is 48.3 Å². The summed E-state index contributed by atoms with van der Waals surface area (Å²) in [6, 6.07) is 9.55. The third-order valence-corrected chi connectivity index (χ3v) is 2.94. The van der Waals surface area contributed by atoms with E-state index in [4.69, 9.17) is 0 Å². The van der Waals surface area contributed by atoms with E-state index in [0.29, 0.717) is 5.75 Å². The third kappa shape index (κ3) is 3.60. The van der Waals surface area contributed by atoms with E-state index in [9.17, 15) is 5.11 Å². The van der Waals surface area contributed by atoms with E-state index in [-0.39, 0.29) is 6.04 Å². The van der Waals surface area contributed by atoms with E-state index in [1.54, 1.807) is 18.3 Å². The maximum atomic E-state index is 9.42. The fraction of sp³-hybridized carbons (Fsp3) is 0.357. The number of rotatable bonds is 6. The van der Waals surface area contributed by atoms with E-state index >= 15 is 0 Å². The highest BCUT2D eigenvalue weighted by molar-refractivity contribution is 5.28. The van der Waals surface area contributed by atoms with Crippen LogP contribution >= 0.6 is 0 Å². The van der Waals surface area contributed by atoms with E-state index in [0.717, 1.165) is 25.1 Å². The number of nitrogens with zero attached hydrogens (tertiary/aromatic N) is 2. The summed E-state index contributed by atoms with van der Waals surface area (Å²) in [6.45, 7) is 3.95. The third-order valence-electron chi connectivity index (χ3n) is 2.94. The van der Waals surface area contributed by atoms with Crippen molar-refractivity contribution in [2.24, 2.45) is 0 Å². The fourth-order valence-corrected chi connectivity index (χ4v) is 1.90. The Bertz CT molecular complexity index is 468. The molecule has 18 heavy (non-hydrogen) atoms. The van der Waals surface area contributed by atoms with Crippen molar-refractivity contribution in [1.82, 2.24) is 15.1 Å². The Kier molecular flexibility index (Phi) is 4.36. The normalized spacial score (nSPS) is 12.5. The van der Waals surface area contributed by atoms with Gasteiger partial charge in [-0.2, -0.15) is 5.10 Å². The molecule has 0 aliphatic rings. The lowest BCUT2D eigenvalue weighted by atomic mass is 10.1. The first-order chi connectivity index (χ1) is 8.75. The molecule has 0 spiro atoms. The first kappa shape index (κ1) is 12.6. The van der Waals surface area contributed by atoms with Crippen LogP contribution in [0.15, 0.2) is 42.7 Å². The average molecular weight is 245 g/mol. The molecular formula is C14H19N3O. The van der Waals surface area contributed by atoms with Gasteiger partial charge < -0.3 is 10.4 Å². The minimum Gasteiger partial charge on any atom is -0.508 e. The monoisotopic (exact) mass is 245 g/mol. The minimum atomic E-state index is 0.245. The summed E-state index contributed by atoms with van der Waals surface area (Å²) in [6.07, 6.45) is 4.80. The Morgan fingerprint density at radius 3 is 3.00 bits per heavy atom. The van der Waals surface area contributed by atoms with Gasteiger partial charge in [0, 0.05) is 25.0 Å². The van der Waals surface area contributed by atoms with Crippen LogP contribution in [0.1, 0.15) is 24.9 Å². The van der Waals surface area contributed by atoms with E-state index in [2.05, 4.69) is 17.3 Å². The molecule has 0 bridgehead atoms. The van der Waals surface area contributed by atoms with Gasteiger partial charge >= 0.3 is 0 Å². The van der Waals surface area contributed by atoms with Crippen molar-refractivity contribution >= 4 is 0 Å². The molecule has 1 atom stereocenters. The molecule has 0 fully saturated rings. The molecule has 1 aromatic heterocycles. The second-order valence-corrected chi connectivity index (χ2v) is 4.39. The molecule has 0 saturated heterocycles. The number of phenolic OH excluding ortho intramolecular Hbond substituents is 1. The number of benzene rings is 1. The lowest BCUT2D eigenvalue weighted by Crippen LogP contribution is -2.21. The van der Waals surface area contributed by atoms with Crippen molar-refractivity contribution in [2.75, 3.05) is 6.54 Å². The van der Waals surface area contributed by atoms with Crippen LogP contribution in [0.25, 0.3) is 0 Å². The van der Waals surface area contributed by atoms with Crippen LogP contribution in [0.4, 0.5) is 0 Å². The number of aryl methyl sites for hydroxylation is 1. The molecule has 96 valence electrons. The molecule has 4 heteroatoms. The summed E-state index contributed by atoms with van der Waals surface area (Å²) in [5.74, 6) is 0.317. The van der Waals surface area contributed by atoms with Crippen LogP contribution in [0.3, 0.4) is 0 Å². The molecular weight excluding hydrogens is 226 g/mol. The number of hydrogen-bond acceptors (Lipinski definition) is 3. The van der Waals surface area contributed by atoms with Gasteiger partial charge in [-0.1, -0.05) is 12.1 Å². The minimum absolute atomic E-state index is 0.245. The predicted octanol–water partition coefficient (Wildman–Crippen LogP) is 2.33. The highest BCUT2D eigenvalue weighted by Gasteiger charge is 2.04. The van der Waals surface area contributed by atoms with Crippen molar-refractivity contribution in [1.29, 1.82) is 0 Å². The van der Waals surface area contributed by atoms with Gasteiger partial charge in [0.1, 0.15) is 5.75 Å². The second kappa shape index (κ2) is 6.21. The maximum Gasteiger partial charge on any atom is 0.115 e. The molecule has 2 aromatic rings. The van der Waals surface area contributed by atoms with Gasteiger partial charge in [0.2, 0.25) is 0 Å². The van der Waals surface area contributed by atoms with Gasteiger partial charge in [-0.3, -0.25) is 4.68 Å². The molecule has 0 aliphatic carbocycles. The van der Waals surface area contributed by atoms with Gasteiger partial charge in [-0.15, -0.1) is 0 Å². The standard InChI is InChI=1S/C14H19N3O/c1-12(13-5-2-6-14(18)11-13)15-7-3-9-17-10-4-8-16-17/h2,4-6,8,10-12,15,18H,3,7,9H2,1H3. The van der Waals surface area contributed by atoms with Gasteiger partial charge in [-0.25, -0.2) is 0 Å². The number of hydrogen-bond donors (Lipinski definition) is 2. The van der Waals surface area contributed by atoms with Crippen molar-refractivity contribution in [3.8, 4) is 5.75 Å². The lowest BCUT2D eigenvalue weighted by molar-refractivity contribution is 0.470. The van der Waals surface area contributed by atoms with Crippen molar-refractivity contribution in [3.63, 3.8) is 0 Å². The van der Waals surface area contributed by atoms with E-state index in [1.165, 1.54) is 0 Å². The summed E-state index contributed by atoms with van der Waals surface area (Å²) in [5, 5.41) is 17.0. The Balaban J connectivity index is 1.73. The summed E-state index contributed by atoms with van der Waals surface area (Å²) < 4.78 is 1.93. The molecule has 1 unspecified atom stereocenters. The molecule has 1 heterocycles. The maximum absolute atomic E-state index is 9.42. The summed E-state index contributed by atoms with van der Waals surface area (Å²) >= 11 is 0. The zero-order valence-electron chi connectivity index (χ0n) is 10.6. The summed E-state index contributed by atoms with van der Waals surface area (Å²) in [7, 11) is 0. The molecule has 0 aliphatic heterocycles. The van der Waals surface area contributed by atoms with Crippen LogP contribution in [0, 0.1) is 0 Å². The topological polar surface area (TPSA) is 50.1 Å². The van der Waals surface area contributed by atoms with Crippen LogP contribution in [-0.4, -0.2) is 21.4 Å². The van der Waals surface area contributed by atoms with Gasteiger partial charge in [0.25, 0.3) is 0 Å². The number of aromatic hydroxyl groups is 1. The van der Waals surface area contributed by atoms with Crippen LogP contribution in [0.2, 0.25) is 0 Å². The molecule has 1 aromatic carbocycles. The van der Waals surface area contributed by atoms with Crippen LogP contribution < -0.4 is 5.32 Å². The van der Waals surface area contributed by atoms with Crippen molar-refractivity contribution < 1.29 is 5.11 Å². The molecule has 2 N–H and O–H groups in total. The van der Waals surface area contributed by atoms with Crippen LogP contribution in [-0.2, 0) is 6.54 Å². The first-order valence-corrected chi connectivity index (χ1v) is 6.25. The lowest BCUT2D eigenvalue weighted by Gasteiger charge is -2.14. The Labute approximate surface area is 107 Å². The quantitative estimate of drug-likeness (QED) is 0.768. The SMILES string of the molecule is CC(NCCCn1cccn1)c1cccc(O)c1. The molecule has 0 radical (unpaired) electrons. The smallest absolute Gasteiger partial charge is 0.115 e. The number of nitrogens with one attached hydrogen (secondary N) is 1. The molecule has 2 rings (SSSR count). The number of phenols is 1. The zero-order chi connectivity index (χ0) is 12.8. The van der Waals surface area contributed by atoms with Gasteiger partial charge in [0.05, 0.1) is 0 Å². The van der Waals surface area contributed by atoms with Crippen molar-refractivity contribution in [2.45, 2.75) is 25.9 Å². The zero-order valence-corrected chi connectivity index (χ0v) is 10.6. The van der Waals surface area contributed by atoms with Gasteiger partial charge in [-0.05, 0) is 43.7 Å². The summed E-state index contributed by atoms with van der Waals surface area (Å²) in [5.41, 5.74) is 1.11. The number of aromatic nitrogens is 2.